The molecule has 2 aromatic heterocycles. The molecular weight excluding hydrogens is 206 g/mol. The number of pyridine rings is 1. The number of hydrogen-bond donors (Lipinski definition) is 1. The average molecular weight is 219 g/mol. The van der Waals surface area contributed by atoms with Crippen molar-refractivity contribution in [1.29, 1.82) is 0 Å². The van der Waals surface area contributed by atoms with Crippen LogP contribution >= 0.6 is 0 Å². The van der Waals surface area contributed by atoms with E-state index in [2.05, 4.69) is 9.97 Å². The van der Waals surface area contributed by atoms with Crippen LogP contribution in [0.3, 0.4) is 0 Å². The molecule has 16 heavy (non-hydrogen) atoms. The molecular formula is C11H13N3O2. The van der Waals surface area contributed by atoms with Gasteiger partial charge in [0.15, 0.2) is 11.2 Å². The highest BCUT2D eigenvalue weighted by molar-refractivity contribution is 5.67. The molecule has 0 amide bonds. The van der Waals surface area contributed by atoms with E-state index < -0.39 is 0 Å². The molecule has 0 aliphatic carbocycles. The third-order valence-electron chi connectivity index (χ3n) is 2.85. The predicted octanol–water partition coefficient (Wildman–Crippen LogP) is 0.972. The van der Waals surface area contributed by atoms with Crippen molar-refractivity contribution in [2.24, 2.45) is 5.73 Å². The van der Waals surface area contributed by atoms with Crippen molar-refractivity contribution in [3.63, 3.8) is 0 Å². The maximum atomic E-state index is 5.92. The number of nitrogens with zero attached hydrogens (tertiary/aromatic N) is 2. The number of rotatable bonds is 1. The van der Waals surface area contributed by atoms with Crippen molar-refractivity contribution < 1.29 is 9.15 Å². The highest BCUT2D eigenvalue weighted by atomic mass is 16.5. The lowest BCUT2D eigenvalue weighted by atomic mass is 10.1. The summed E-state index contributed by atoms with van der Waals surface area (Å²) in [6, 6.07) is 3.76. The van der Waals surface area contributed by atoms with E-state index in [4.69, 9.17) is 14.9 Å². The topological polar surface area (TPSA) is 74.2 Å². The fourth-order valence-electron chi connectivity index (χ4n) is 1.91. The van der Waals surface area contributed by atoms with Crippen molar-refractivity contribution in [3.05, 3.63) is 23.7 Å². The summed E-state index contributed by atoms with van der Waals surface area (Å²) >= 11 is 0. The Kier molecular flexibility index (Phi) is 2.15. The molecule has 0 aromatic carbocycles. The molecule has 5 nitrogen and oxygen atoms in total. The van der Waals surface area contributed by atoms with Gasteiger partial charge in [0, 0.05) is 11.7 Å². The van der Waals surface area contributed by atoms with Gasteiger partial charge in [-0.05, 0) is 19.1 Å². The van der Waals surface area contributed by atoms with Gasteiger partial charge in [-0.15, -0.1) is 0 Å². The molecule has 0 bridgehead atoms. The summed E-state index contributed by atoms with van der Waals surface area (Å²) < 4.78 is 10.9. The molecule has 2 unspecified atom stereocenters. The van der Waals surface area contributed by atoms with Crippen molar-refractivity contribution in [1.82, 2.24) is 9.97 Å². The molecule has 3 rings (SSSR count). The average Bonchev–Trinajstić information content (AvgIpc) is 2.82. The number of nitrogens with two attached hydrogens (primary N) is 1. The van der Waals surface area contributed by atoms with Crippen LogP contribution < -0.4 is 5.73 Å². The fourth-order valence-corrected chi connectivity index (χ4v) is 1.91. The van der Waals surface area contributed by atoms with Crippen molar-refractivity contribution in [3.8, 4) is 0 Å². The Morgan fingerprint density at radius 3 is 2.94 bits per heavy atom. The van der Waals surface area contributed by atoms with E-state index in [1.165, 1.54) is 0 Å². The highest BCUT2D eigenvalue weighted by Crippen LogP contribution is 2.26. The number of oxazole rings is 1. The third kappa shape index (κ3) is 1.48. The van der Waals surface area contributed by atoms with Gasteiger partial charge in [0.25, 0.3) is 0 Å². The minimum Gasteiger partial charge on any atom is -0.438 e. The summed E-state index contributed by atoms with van der Waals surface area (Å²) in [6.45, 7) is 3.07. The predicted molar refractivity (Wildman–Crippen MR) is 58.1 cm³/mol. The van der Waals surface area contributed by atoms with Gasteiger partial charge in [-0.2, -0.15) is 4.98 Å². The summed E-state index contributed by atoms with van der Waals surface area (Å²) in [4.78, 5) is 8.67. The number of aromatic nitrogens is 2. The van der Waals surface area contributed by atoms with Crippen LogP contribution in [0.1, 0.15) is 17.5 Å². The number of fused-ring (bicyclic) bond motifs is 1. The maximum Gasteiger partial charge on any atom is 0.204 e. The summed E-state index contributed by atoms with van der Waals surface area (Å²) in [7, 11) is 0. The van der Waals surface area contributed by atoms with Gasteiger partial charge in [0.1, 0.15) is 0 Å². The molecule has 0 spiro atoms. The van der Waals surface area contributed by atoms with E-state index >= 15 is 0 Å². The van der Waals surface area contributed by atoms with Crippen LogP contribution in [0.25, 0.3) is 11.2 Å². The molecule has 0 radical (unpaired) electrons. The second kappa shape index (κ2) is 3.54. The second-order valence-electron chi connectivity index (χ2n) is 4.13. The van der Waals surface area contributed by atoms with Gasteiger partial charge in [-0.3, -0.25) is 0 Å². The van der Waals surface area contributed by atoms with Gasteiger partial charge in [-0.25, -0.2) is 4.98 Å². The minimum absolute atomic E-state index is 0.0332. The van der Waals surface area contributed by atoms with Crippen LogP contribution in [0.2, 0.25) is 0 Å². The van der Waals surface area contributed by atoms with Crippen molar-refractivity contribution in [2.75, 3.05) is 13.2 Å². The Labute approximate surface area is 92.6 Å². The zero-order valence-electron chi connectivity index (χ0n) is 9.01. The Bertz CT molecular complexity index is 523. The first-order valence-corrected chi connectivity index (χ1v) is 5.31. The van der Waals surface area contributed by atoms with E-state index in [0.29, 0.717) is 30.3 Å². The lowest BCUT2D eigenvalue weighted by Gasteiger charge is -2.06. The Morgan fingerprint density at radius 1 is 1.31 bits per heavy atom. The van der Waals surface area contributed by atoms with Gasteiger partial charge in [0.05, 0.1) is 19.1 Å². The summed E-state index contributed by atoms with van der Waals surface area (Å²) in [5, 5.41) is 0. The summed E-state index contributed by atoms with van der Waals surface area (Å²) in [5.74, 6) is 0.688. The first-order valence-electron chi connectivity index (χ1n) is 5.31. The van der Waals surface area contributed by atoms with E-state index in [9.17, 15) is 0 Å². The largest absolute Gasteiger partial charge is 0.438 e. The van der Waals surface area contributed by atoms with E-state index in [-0.39, 0.29) is 12.0 Å². The molecule has 1 aliphatic rings. The van der Waals surface area contributed by atoms with E-state index in [0.717, 1.165) is 5.69 Å². The van der Waals surface area contributed by atoms with Gasteiger partial charge >= 0.3 is 0 Å². The number of aryl methyl sites for hydroxylation is 1. The summed E-state index contributed by atoms with van der Waals surface area (Å²) in [5.41, 5.74) is 8.20. The van der Waals surface area contributed by atoms with E-state index in [1.807, 2.05) is 19.1 Å². The van der Waals surface area contributed by atoms with Gasteiger partial charge in [-0.1, -0.05) is 0 Å². The number of hydrogen-bond acceptors (Lipinski definition) is 5. The first-order chi connectivity index (χ1) is 7.74. The molecule has 1 aliphatic heterocycles. The lowest BCUT2D eigenvalue weighted by Crippen LogP contribution is -2.26. The zero-order chi connectivity index (χ0) is 11.1. The standard InChI is InChI=1S/C11H13N3O2/c1-6-2-3-9-10(13-6)14-11(16-9)7-4-15-5-8(7)12/h2-3,7-8H,4-5,12H2,1H3. The van der Waals surface area contributed by atoms with Crippen LogP contribution in [0, 0.1) is 6.92 Å². The molecule has 1 saturated heterocycles. The lowest BCUT2D eigenvalue weighted by molar-refractivity contribution is 0.188. The first kappa shape index (κ1) is 9.74. The van der Waals surface area contributed by atoms with Crippen LogP contribution in [0.15, 0.2) is 16.5 Å². The highest BCUT2D eigenvalue weighted by Gasteiger charge is 2.30. The normalized spacial score (nSPS) is 25.4. The van der Waals surface area contributed by atoms with Gasteiger partial charge < -0.3 is 14.9 Å². The minimum atomic E-state index is -0.0332. The Morgan fingerprint density at radius 2 is 2.19 bits per heavy atom. The quantitative estimate of drug-likeness (QED) is 0.773. The monoisotopic (exact) mass is 219 g/mol. The van der Waals surface area contributed by atoms with Crippen LogP contribution in [0.4, 0.5) is 0 Å². The third-order valence-corrected chi connectivity index (χ3v) is 2.85. The Balaban J connectivity index is 2.04. The van der Waals surface area contributed by atoms with Crippen molar-refractivity contribution in [2.45, 2.75) is 18.9 Å². The molecule has 3 heterocycles. The zero-order valence-corrected chi connectivity index (χ0v) is 9.01. The summed E-state index contributed by atoms with van der Waals surface area (Å²) in [6.07, 6.45) is 0. The molecule has 1 fully saturated rings. The Hall–Kier alpha value is -1.46. The van der Waals surface area contributed by atoms with Crippen LogP contribution in [0.5, 0.6) is 0 Å². The smallest absolute Gasteiger partial charge is 0.204 e. The van der Waals surface area contributed by atoms with Crippen LogP contribution in [-0.4, -0.2) is 29.2 Å². The molecule has 0 saturated carbocycles. The SMILES string of the molecule is Cc1ccc2oc(C3COCC3N)nc2n1. The molecule has 2 aromatic rings. The van der Waals surface area contributed by atoms with E-state index in [1.54, 1.807) is 0 Å². The van der Waals surface area contributed by atoms with Gasteiger partial charge in [0.2, 0.25) is 5.89 Å². The van der Waals surface area contributed by atoms with Crippen LogP contribution in [-0.2, 0) is 4.74 Å². The fraction of sp³-hybridized carbons (Fsp3) is 0.455. The second-order valence-corrected chi connectivity index (χ2v) is 4.13. The molecule has 5 heteroatoms. The molecule has 2 N–H and O–H groups in total. The van der Waals surface area contributed by atoms with Crippen molar-refractivity contribution >= 4 is 11.2 Å². The number of ether oxygens (including phenoxy) is 1. The maximum absolute atomic E-state index is 5.92. The molecule has 2 atom stereocenters. The molecule has 84 valence electrons.